The summed E-state index contributed by atoms with van der Waals surface area (Å²) < 4.78 is 0. The lowest BCUT2D eigenvalue weighted by molar-refractivity contribution is 1.32. The van der Waals surface area contributed by atoms with Crippen LogP contribution in [-0.2, 0) is 22.7 Å². The summed E-state index contributed by atoms with van der Waals surface area (Å²) in [5, 5.41) is 0. The first kappa shape index (κ1) is 20.7. The summed E-state index contributed by atoms with van der Waals surface area (Å²) >= 11 is 1.24. The summed E-state index contributed by atoms with van der Waals surface area (Å²) in [6, 6.07) is 50.2. The molecule has 0 aliphatic heterocycles. The zero-order valence-corrected chi connectivity index (χ0v) is 19.3. The molecule has 0 N–H and O–H groups in total. The van der Waals surface area contributed by atoms with Gasteiger partial charge < -0.3 is 0 Å². The summed E-state index contributed by atoms with van der Waals surface area (Å²) in [6.07, 6.45) is 0. The average Bonchev–Trinajstić information content (AvgIpc) is 2.87. The van der Waals surface area contributed by atoms with Crippen LogP contribution in [0.3, 0.4) is 0 Å². The summed E-state index contributed by atoms with van der Waals surface area (Å²) in [5.74, 6) is 0. The van der Waals surface area contributed by atoms with Crippen molar-refractivity contribution in [3.05, 3.63) is 140 Å². The Morgan fingerprint density at radius 1 is 0.344 bits per heavy atom. The zero-order valence-electron chi connectivity index (χ0n) is 17.6. The lowest BCUT2D eigenvalue weighted by Gasteiger charge is -2.09. The first-order valence-corrected chi connectivity index (χ1v) is 12.8. The first-order chi connectivity index (χ1) is 15.9. The van der Waals surface area contributed by atoms with Gasteiger partial charge in [-0.1, -0.05) is 54.6 Å². The average molecular weight is 449 g/mol. The largest absolute Gasteiger partial charge is 0.166 e. The minimum atomic E-state index is -0.107. The molecule has 0 saturated carbocycles. The third-order valence-corrected chi connectivity index (χ3v) is 8.61. The number of rotatable bonds is 6. The summed E-state index contributed by atoms with van der Waals surface area (Å²) in [5.41, 5.74) is 2.50. The second kappa shape index (κ2) is 9.95. The maximum atomic E-state index is 2.29. The highest BCUT2D eigenvalue weighted by Crippen LogP contribution is 2.32. The van der Waals surface area contributed by atoms with Crippen LogP contribution in [0, 0.1) is 0 Å². The fraction of sp³-hybridized carbons (Fsp3) is 0. The van der Waals surface area contributed by atoms with Crippen molar-refractivity contribution in [1.82, 2.24) is 0 Å². The summed E-state index contributed by atoms with van der Waals surface area (Å²) in [6.45, 7) is 0. The van der Waals surface area contributed by atoms with Crippen LogP contribution in [0.5, 0.6) is 0 Å². The van der Waals surface area contributed by atoms with Gasteiger partial charge in [0.25, 0.3) is 0 Å². The number of hydrogen-bond acceptors (Lipinski definition) is 0. The van der Waals surface area contributed by atoms with Crippen molar-refractivity contribution < 1.29 is 0 Å². The van der Waals surface area contributed by atoms with Gasteiger partial charge in [-0.15, -0.1) is 0 Å². The highest BCUT2D eigenvalue weighted by Gasteiger charge is 2.28. The maximum absolute atomic E-state index is 2.29. The highest BCUT2D eigenvalue weighted by molar-refractivity contribution is 7.97. The monoisotopic (exact) mass is 448 g/mol. The molecule has 0 aromatic heterocycles. The molecule has 2 heteroatoms. The van der Waals surface area contributed by atoms with Crippen LogP contribution in [0.2, 0.25) is 0 Å². The van der Waals surface area contributed by atoms with Gasteiger partial charge in [0.2, 0.25) is 0 Å². The predicted octanol–water partition coefficient (Wildman–Crippen LogP) is 7.68. The molecule has 0 aliphatic carbocycles. The smallest absolute Gasteiger partial charge is 0.0619 e. The normalized spacial score (nSPS) is 10.9. The van der Waals surface area contributed by atoms with E-state index in [4.69, 9.17) is 0 Å². The Bertz CT molecular complexity index is 1210. The number of hydrogen-bond donors (Lipinski definition) is 0. The predicted molar refractivity (Wildman–Crippen MR) is 139 cm³/mol. The van der Waals surface area contributed by atoms with E-state index in [0.29, 0.717) is 0 Å². The van der Waals surface area contributed by atoms with E-state index in [9.17, 15) is 0 Å². The van der Waals surface area contributed by atoms with Gasteiger partial charge in [-0.05, 0) is 96.1 Å². The van der Waals surface area contributed by atoms with Crippen LogP contribution in [0.1, 0.15) is 0 Å². The number of benzene rings is 5. The molecular formula is C30H24S2+2. The van der Waals surface area contributed by atoms with Crippen LogP contribution < -0.4 is 0 Å². The number of thiol groups is 1. The van der Waals surface area contributed by atoms with Crippen LogP contribution in [0.4, 0.5) is 0 Å². The van der Waals surface area contributed by atoms with E-state index < -0.39 is 0 Å². The molecule has 0 saturated heterocycles. The molecule has 0 aliphatic rings. The molecule has 0 amide bonds. The fourth-order valence-electron chi connectivity index (χ4n) is 3.68. The third kappa shape index (κ3) is 4.83. The van der Waals surface area contributed by atoms with Crippen molar-refractivity contribution >= 4 is 22.7 Å². The topological polar surface area (TPSA) is 0 Å². The van der Waals surface area contributed by atoms with Crippen molar-refractivity contribution in [2.45, 2.75) is 24.5 Å². The van der Waals surface area contributed by atoms with Crippen molar-refractivity contribution in [1.29, 1.82) is 0 Å². The molecule has 0 unspecified atom stereocenters. The van der Waals surface area contributed by atoms with Gasteiger partial charge in [0.15, 0.2) is 24.5 Å². The highest BCUT2D eigenvalue weighted by atomic mass is 32.2. The van der Waals surface area contributed by atoms with E-state index >= 15 is 0 Å². The molecule has 0 bridgehead atoms. The van der Waals surface area contributed by atoms with Gasteiger partial charge in [-0.25, -0.2) is 0 Å². The molecule has 0 atom stereocenters. The van der Waals surface area contributed by atoms with E-state index in [1.165, 1.54) is 47.4 Å². The van der Waals surface area contributed by atoms with Gasteiger partial charge >= 0.3 is 0 Å². The van der Waals surface area contributed by atoms with Crippen molar-refractivity contribution in [2.24, 2.45) is 0 Å². The molecular weight excluding hydrogens is 424 g/mol. The molecule has 5 aromatic rings. The second-order valence-corrected chi connectivity index (χ2v) is 10.7. The standard InChI is InChI=1S/C30H23S2/c1-4-10-26(11-5-1)31-27-20-16-24(17-21-27)25-18-22-30(23-19-25)32(28-12-6-2-7-13-28)29-14-8-3-9-15-29/h1-23H/q+1/p+1. The Balaban J connectivity index is 1.40. The first-order valence-electron chi connectivity index (χ1n) is 10.7. The van der Waals surface area contributed by atoms with Crippen molar-refractivity contribution in [2.75, 3.05) is 0 Å². The Hall–Kier alpha value is -3.20. The molecule has 0 nitrogen and oxygen atoms in total. The SMILES string of the molecule is c1ccc([SH+]c2ccc(-c3ccc([S+](c4ccccc4)c4ccccc4)cc3)cc2)cc1. The molecule has 0 spiro atoms. The fourth-order valence-corrected chi connectivity index (χ4v) is 6.69. The molecule has 0 radical (unpaired) electrons. The molecule has 5 aromatic carbocycles. The quantitative estimate of drug-likeness (QED) is 0.185. The maximum Gasteiger partial charge on any atom is 0.166 e. The van der Waals surface area contributed by atoms with Crippen LogP contribution in [0.25, 0.3) is 11.1 Å². The van der Waals surface area contributed by atoms with Gasteiger partial charge in [0.05, 0.1) is 10.9 Å². The Morgan fingerprint density at radius 2 is 0.719 bits per heavy atom. The van der Waals surface area contributed by atoms with Gasteiger partial charge in [-0.2, -0.15) is 0 Å². The van der Waals surface area contributed by atoms with Gasteiger partial charge in [0, 0.05) is 11.8 Å². The van der Waals surface area contributed by atoms with Crippen molar-refractivity contribution in [3.8, 4) is 11.1 Å². The summed E-state index contributed by atoms with van der Waals surface area (Å²) in [4.78, 5) is 6.65. The lowest BCUT2D eigenvalue weighted by atomic mass is 10.1. The Labute approximate surface area is 197 Å². The van der Waals surface area contributed by atoms with Gasteiger partial charge in [-0.3, -0.25) is 0 Å². The minimum absolute atomic E-state index is 0.107. The zero-order chi connectivity index (χ0) is 21.6. The molecule has 154 valence electrons. The Kier molecular flexibility index (Phi) is 6.43. The molecule has 32 heavy (non-hydrogen) atoms. The second-order valence-electron chi connectivity index (χ2n) is 7.45. The summed E-state index contributed by atoms with van der Waals surface area (Å²) in [7, 11) is -0.107. The van der Waals surface area contributed by atoms with Crippen LogP contribution >= 0.6 is 0 Å². The third-order valence-electron chi connectivity index (χ3n) is 5.26. The molecule has 0 fully saturated rings. The Morgan fingerprint density at radius 3 is 1.22 bits per heavy atom. The van der Waals surface area contributed by atoms with Gasteiger partial charge in [0.1, 0.15) is 0 Å². The van der Waals surface area contributed by atoms with E-state index in [-0.39, 0.29) is 10.9 Å². The van der Waals surface area contributed by atoms with E-state index in [0.717, 1.165) is 0 Å². The molecule has 0 heterocycles. The van der Waals surface area contributed by atoms with E-state index in [2.05, 4.69) is 140 Å². The van der Waals surface area contributed by atoms with Crippen LogP contribution in [0.15, 0.2) is 164 Å². The lowest BCUT2D eigenvalue weighted by Crippen LogP contribution is -2.04. The minimum Gasteiger partial charge on any atom is -0.0619 e. The molecule has 5 rings (SSSR count). The van der Waals surface area contributed by atoms with Crippen LogP contribution in [-0.4, -0.2) is 0 Å². The van der Waals surface area contributed by atoms with E-state index in [1.54, 1.807) is 0 Å². The van der Waals surface area contributed by atoms with E-state index in [1.807, 2.05) is 0 Å². The van der Waals surface area contributed by atoms with Crippen molar-refractivity contribution in [3.63, 3.8) is 0 Å².